The van der Waals surface area contributed by atoms with Crippen molar-refractivity contribution in [3.8, 4) is 0 Å². The van der Waals surface area contributed by atoms with E-state index in [1.54, 1.807) is 6.07 Å². The van der Waals surface area contributed by atoms with Crippen LogP contribution in [0.5, 0.6) is 0 Å². The van der Waals surface area contributed by atoms with E-state index in [0.29, 0.717) is 11.5 Å². The summed E-state index contributed by atoms with van der Waals surface area (Å²) in [7, 11) is 0. The van der Waals surface area contributed by atoms with Crippen molar-refractivity contribution in [1.29, 1.82) is 0 Å². The molecular weight excluding hydrogens is 192 g/mol. The summed E-state index contributed by atoms with van der Waals surface area (Å²) in [6, 6.07) is 2.93. The molecule has 1 aromatic rings. The third kappa shape index (κ3) is 2.95. The first-order chi connectivity index (χ1) is 6.09. The molecule has 0 saturated heterocycles. The Labute approximate surface area is 78.9 Å². The Morgan fingerprint density at radius 3 is 2.69 bits per heavy atom. The normalized spacial score (nSPS) is 9.92. The van der Waals surface area contributed by atoms with E-state index in [2.05, 4.69) is 0 Å². The second-order valence-corrected chi connectivity index (χ2v) is 3.50. The zero-order valence-electron chi connectivity index (χ0n) is 6.94. The maximum Gasteiger partial charge on any atom is 0.371 e. The number of thioether (sulfide) groups is 1. The topological polar surface area (TPSA) is 67.5 Å². The van der Waals surface area contributed by atoms with Crippen LogP contribution in [-0.4, -0.2) is 16.2 Å². The zero-order chi connectivity index (χ0) is 9.84. The Hall–Kier alpha value is -1.23. The number of carbonyl (C=O) groups is 2. The Kier molecular flexibility index (Phi) is 3.13. The van der Waals surface area contributed by atoms with Gasteiger partial charge in [0.2, 0.25) is 5.76 Å². The third-order valence-corrected chi connectivity index (χ3v) is 2.13. The lowest BCUT2D eigenvalue weighted by atomic mass is 10.4. The van der Waals surface area contributed by atoms with Gasteiger partial charge in [0.25, 0.3) is 0 Å². The second-order valence-electron chi connectivity index (χ2n) is 2.35. The molecule has 5 heteroatoms. The minimum atomic E-state index is -1.10. The first-order valence-electron chi connectivity index (χ1n) is 3.55. The van der Waals surface area contributed by atoms with Gasteiger partial charge in [-0.2, -0.15) is 0 Å². The predicted octanol–water partition coefficient (Wildman–Crippen LogP) is 1.76. The van der Waals surface area contributed by atoms with Crippen LogP contribution in [0.3, 0.4) is 0 Å². The number of hydrogen-bond donors (Lipinski definition) is 1. The Bertz CT molecular complexity index is 329. The lowest BCUT2D eigenvalue weighted by Crippen LogP contribution is -1.91. The Morgan fingerprint density at radius 2 is 2.23 bits per heavy atom. The van der Waals surface area contributed by atoms with Crippen molar-refractivity contribution in [3.05, 3.63) is 23.7 Å². The summed E-state index contributed by atoms with van der Waals surface area (Å²) in [6.45, 7) is 1.45. The van der Waals surface area contributed by atoms with E-state index in [1.807, 2.05) is 0 Å². The van der Waals surface area contributed by atoms with Gasteiger partial charge in [-0.3, -0.25) is 4.79 Å². The van der Waals surface area contributed by atoms with Crippen molar-refractivity contribution in [2.24, 2.45) is 0 Å². The summed E-state index contributed by atoms with van der Waals surface area (Å²) in [6.07, 6.45) is 0. The molecule has 13 heavy (non-hydrogen) atoms. The van der Waals surface area contributed by atoms with Gasteiger partial charge in [0.05, 0.1) is 5.75 Å². The van der Waals surface area contributed by atoms with Crippen LogP contribution in [0.25, 0.3) is 0 Å². The highest BCUT2D eigenvalue weighted by atomic mass is 32.2. The lowest BCUT2D eigenvalue weighted by Gasteiger charge is -1.91. The van der Waals surface area contributed by atoms with Crippen molar-refractivity contribution in [3.63, 3.8) is 0 Å². The predicted molar refractivity (Wildman–Crippen MR) is 47.6 cm³/mol. The lowest BCUT2D eigenvalue weighted by molar-refractivity contribution is -0.109. The number of carboxylic acid groups (broad SMARTS) is 1. The molecule has 0 saturated carbocycles. The maximum atomic E-state index is 10.6. The zero-order valence-corrected chi connectivity index (χ0v) is 7.76. The van der Waals surface area contributed by atoms with E-state index >= 15 is 0 Å². The monoisotopic (exact) mass is 200 g/mol. The number of carboxylic acids is 1. The standard InChI is InChI=1S/C8H8O4S/c1-5(9)13-4-6-2-3-7(12-6)8(10)11/h2-3H,4H2,1H3,(H,10,11). The molecule has 4 nitrogen and oxygen atoms in total. The molecule has 0 amide bonds. The van der Waals surface area contributed by atoms with Crippen LogP contribution in [0.4, 0.5) is 0 Å². The van der Waals surface area contributed by atoms with Gasteiger partial charge in [0.15, 0.2) is 5.12 Å². The highest BCUT2D eigenvalue weighted by Gasteiger charge is 2.08. The van der Waals surface area contributed by atoms with Gasteiger partial charge in [-0.25, -0.2) is 4.79 Å². The van der Waals surface area contributed by atoms with Crippen LogP contribution < -0.4 is 0 Å². The number of carbonyl (C=O) groups excluding carboxylic acids is 1. The molecule has 0 spiro atoms. The largest absolute Gasteiger partial charge is 0.475 e. The van der Waals surface area contributed by atoms with Gasteiger partial charge < -0.3 is 9.52 Å². The molecule has 0 aliphatic carbocycles. The van der Waals surface area contributed by atoms with Gasteiger partial charge in [-0.05, 0) is 12.1 Å². The molecule has 0 aromatic carbocycles. The molecule has 0 radical (unpaired) electrons. The van der Waals surface area contributed by atoms with Crippen molar-refractivity contribution in [2.75, 3.05) is 0 Å². The van der Waals surface area contributed by atoms with Gasteiger partial charge in [-0.1, -0.05) is 11.8 Å². The van der Waals surface area contributed by atoms with Gasteiger partial charge in [0, 0.05) is 6.92 Å². The molecule has 0 atom stereocenters. The second kappa shape index (κ2) is 4.13. The fraction of sp³-hybridized carbons (Fsp3) is 0.250. The van der Waals surface area contributed by atoms with Gasteiger partial charge in [-0.15, -0.1) is 0 Å². The number of hydrogen-bond acceptors (Lipinski definition) is 4. The van der Waals surface area contributed by atoms with E-state index in [1.165, 1.54) is 13.0 Å². The SMILES string of the molecule is CC(=O)SCc1ccc(C(=O)O)o1. The third-order valence-electron chi connectivity index (χ3n) is 1.29. The summed E-state index contributed by atoms with van der Waals surface area (Å²) >= 11 is 1.08. The molecule has 0 fully saturated rings. The van der Waals surface area contributed by atoms with Crippen molar-refractivity contribution in [2.45, 2.75) is 12.7 Å². The summed E-state index contributed by atoms with van der Waals surface area (Å²) in [4.78, 5) is 20.9. The van der Waals surface area contributed by atoms with Gasteiger partial charge in [0.1, 0.15) is 5.76 Å². The average Bonchev–Trinajstić information content (AvgIpc) is 2.48. The summed E-state index contributed by atoms with van der Waals surface area (Å²) in [5.74, 6) is -0.321. The van der Waals surface area contributed by atoms with Crippen LogP contribution in [0.2, 0.25) is 0 Å². The highest BCUT2D eigenvalue weighted by Crippen LogP contribution is 2.15. The molecule has 0 unspecified atom stereocenters. The van der Waals surface area contributed by atoms with E-state index < -0.39 is 5.97 Å². The fourth-order valence-corrected chi connectivity index (χ4v) is 1.24. The van der Waals surface area contributed by atoms with E-state index in [0.717, 1.165) is 11.8 Å². The molecule has 0 aliphatic heterocycles. The molecule has 0 bridgehead atoms. The van der Waals surface area contributed by atoms with E-state index in [9.17, 15) is 9.59 Å². The molecule has 1 heterocycles. The van der Waals surface area contributed by atoms with Crippen molar-refractivity contribution < 1.29 is 19.1 Å². The molecule has 1 aromatic heterocycles. The number of furan rings is 1. The number of rotatable bonds is 3. The smallest absolute Gasteiger partial charge is 0.371 e. The summed E-state index contributed by atoms with van der Waals surface area (Å²) < 4.78 is 4.92. The van der Waals surface area contributed by atoms with Crippen LogP contribution in [-0.2, 0) is 10.5 Å². The average molecular weight is 200 g/mol. The maximum absolute atomic E-state index is 10.6. The van der Waals surface area contributed by atoms with Crippen LogP contribution in [0.15, 0.2) is 16.5 Å². The molecule has 70 valence electrons. The minimum Gasteiger partial charge on any atom is -0.475 e. The van der Waals surface area contributed by atoms with Crippen molar-refractivity contribution in [1.82, 2.24) is 0 Å². The Balaban J connectivity index is 2.59. The van der Waals surface area contributed by atoms with Crippen LogP contribution >= 0.6 is 11.8 Å². The minimum absolute atomic E-state index is 0.0201. The molecule has 0 aliphatic rings. The van der Waals surface area contributed by atoms with E-state index in [-0.39, 0.29) is 10.9 Å². The quantitative estimate of drug-likeness (QED) is 0.805. The molecular formula is C8H8O4S. The van der Waals surface area contributed by atoms with Crippen LogP contribution in [0, 0.1) is 0 Å². The van der Waals surface area contributed by atoms with E-state index in [4.69, 9.17) is 9.52 Å². The highest BCUT2D eigenvalue weighted by molar-refractivity contribution is 8.12. The van der Waals surface area contributed by atoms with Crippen molar-refractivity contribution >= 4 is 22.8 Å². The first kappa shape index (κ1) is 9.85. The summed E-state index contributed by atoms with van der Waals surface area (Å²) in [5.41, 5.74) is 0. The first-order valence-corrected chi connectivity index (χ1v) is 4.53. The van der Waals surface area contributed by atoms with Crippen LogP contribution in [0.1, 0.15) is 23.2 Å². The van der Waals surface area contributed by atoms with Gasteiger partial charge >= 0.3 is 5.97 Å². The number of aromatic carboxylic acids is 1. The molecule has 1 N–H and O–H groups in total. The Morgan fingerprint density at radius 1 is 1.54 bits per heavy atom. The fourth-order valence-electron chi connectivity index (χ4n) is 0.743. The molecule has 1 rings (SSSR count). The summed E-state index contributed by atoms with van der Waals surface area (Å²) in [5, 5.41) is 8.49.